The van der Waals surface area contributed by atoms with E-state index >= 15 is 0 Å². The quantitative estimate of drug-likeness (QED) is 0.380. The molecule has 0 aliphatic heterocycles. The molecule has 0 spiro atoms. The summed E-state index contributed by atoms with van der Waals surface area (Å²) in [5.41, 5.74) is 5.39. The molecule has 0 amide bonds. The van der Waals surface area contributed by atoms with Crippen LogP contribution in [0.3, 0.4) is 0 Å². The first-order valence-corrected chi connectivity index (χ1v) is 10.6. The minimum atomic E-state index is 0.638. The standard InChI is InChI=1S/C18H31N7S2/c1-7-25(8-2)14-13-19-17-21-16(15(3)22-23(17)4)11-9-10-12-20-24(5)18(26)27-6/h9-12,20H,7-8,13-14H2,1-6H3/b11-9-,12-10+,19-17?. The highest BCUT2D eigenvalue weighted by atomic mass is 32.2. The number of aryl methyl sites for hydroxylation is 2. The molecule has 1 heterocycles. The van der Waals surface area contributed by atoms with E-state index in [1.807, 2.05) is 51.7 Å². The maximum absolute atomic E-state index is 5.18. The van der Waals surface area contributed by atoms with Gasteiger partial charge in [0.25, 0.3) is 0 Å². The van der Waals surface area contributed by atoms with E-state index in [9.17, 15) is 0 Å². The molecule has 0 radical (unpaired) electrons. The molecule has 27 heavy (non-hydrogen) atoms. The SMILES string of the molecule is CCN(CC)CCN=c1nc(/C=C\C=C\NN(C)C(=S)SC)c(C)nn1C. The highest BCUT2D eigenvalue weighted by molar-refractivity contribution is 8.22. The average Bonchev–Trinajstić information content (AvgIpc) is 2.66. The Morgan fingerprint density at radius 2 is 2.04 bits per heavy atom. The zero-order valence-electron chi connectivity index (χ0n) is 17.1. The molecule has 0 saturated heterocycles. The van der Waals surface area contributed by atoms with Gasteiger partial charge in [0.1, 0.15) is 0 Å². The van der Waals surface area contributed by atoms with Crippen molar-refractivity contribution in [1.82, 2.24) is 30.1 Å². The maximum Gasteiger partial charge on any atom is 0.241 e. The van der Waals surface area contributed by atoms with Gasteiger partial charge in [0.05, 0.1) is 17.9 Å². The van der Waals surface area contributed by atoms with Crippen molar-refractivity contribution in [1.29, 1.82) is 0 Å². The van der Waals surface area contributed by atoms with Crippen LogP contribution < -0.4 is 11.0 Å². The number of nitrogens with zero attached hydrogens (tertiary/aromatic N) is 6. The molecule has 0 aromatic carbocycles. The molecule has 7 nitrogen and oxygen atoms in total. The molecule has 0 unspecified atom stereocenters. The number of hydrazine groups is 1. The number of hydrogen-bond acceptors (Lipinski definition) is 7. The molecule has 1 N–H and O–H groups in total. The van der Waals surface area contributed by atoms with Crippen LogP contribution in [-0.2, 0) is 7.05 Å². The average molecular weight is 410 g/mol. The minimum Gasteiger partial charge on any atom is -0.305 e. The van der Waals surface area contributed by atoms with Gasteiger partial charge in [-0.15, -0.1) is 0 Å². The van der Waals surface area contributed by atoms with Gasteiger partial charge in [-0.1, -0.05) is 43.9 Å². The van der Waals surface area contributed by atoms with E-state index in [2.05, 4.69) is 39.2 Å². The Hall–Kier alpha value is -1.71. The number of thioether (sulfide) groups is 1. The first-order chi connectivity index (χ1) is 12.9. The Balaban J connectivity index is 2.79. The van der Waals surface area contributed by atoms with Crippen LogP contribution >= 0.6 is 24.0 Å². The number of thiocarbonyl (C=S) groups is 1. The topological polar surface area (TPSA) is 61.6 Å². The lowest BCUT2D eigenvalue weighted by molar-refractivity contribution is 0.311. The zero-order valence-corrected chi connectivity index (χ0v) is 18.8. The van der Waals surface area contributed by atoms with E-state index in [0.717, 1.165) is 35.3 Å². The molecule has 1 aromatic heterocycles. The van der Waals surface area contributed by atoms with E-state index in [1.165, 1.54) is 11.8 Å². The Labute approximate surface area is 172 Å². The first kappa shape index (κ1) is 23.3. The third-order valence-corrected chi connectivity index (χ3v) is 5.32. The molecule has 0 fully saturated rings. The van der Waals surface area contributed by atoms with Crippen LogP contribution in [0.25, 0.3) is 6.08 Å². The van der Waals surface area contributed by atoms with Crippen molar-refractivity contribution < 1.29 is 0 Å². The van der Waals surface area contributed by atoms with Crippen LogP contribution in [0.5, 0.6) is 0 Å². The Kier molecular flexibility index (Phi) is 10.9. The van der Waals surface area contributed by atoms with Gasteiger partial charge in [-0.3, -0.25) is 5.01 Å². The van der Waals surface area contributed by atoms with Crippen molar-refractivity contribution in [2.45, 2.75) is 20.8 Å². The molecule has 9 heteroatoms. The lowest BCUT2D eigenvalue weighted by Gasteiger charge is -2.17. The summed E-state index contributed by atoms with van der Waals surface area (Å²) in [6.45, 7) is 9.96. The Morgan fingerprint density at radius 3 is 2.67 bits per heavy atom. The van der Waals surface area contributed by atoms with E-state index < -0.39 is 0 Å². The van der Waals surface area contributed by atoms with Crippen molar-refractivity contribution in [3.8, 4) is 0 Å². The summed E-state index contributed by atoms with van der Waals surface area (Å²) in [5, 5.41) is 6.28. The predicted octanol–water partition coefficient (Wildman–Crippen LogP) is 1.98. The number of likely N-dealkylation sites (N-methyl/N-ethyl adjacent to an activating group) is 1. The van der Waals surface area contributed by atoms with Crippen LogP contribution in [-0.4, -0.2) is 68.5 Å². The van der Waals surface area contributed by atoms with Gasteiger partial charge in [0, 0.05) is 26.8 Å². The van der Waals surface area contributed by atoms with Crippen LogP contribution in [0.15, 0.2) is 23.3 Å². The molecule has 1 rings (SSSR count). The summed E-state index contributed by atoms with van der Waals surface area (Å²) in [6.07, 6.45) is 9.51. The molecular weight excluding hydrogens is 378 g/mol. The summed E-state index contributed by atoms with van der Waals surface area (Å²) in [7, 11) is 3.75. The van der Waals surface area contributed by atoms with Crippen LogP contribution in [0.1, 0.15) is 25.2 Å². The lowest BCUT2D eigenvalue weighted by atomic mass is 10.3. The van der Waals surface area contributed by atoms with Crippen LogP contribution in [0.2, 0.25) is 0 Å². The maximum atomic E-state index is 5.18. The third kappa shape index (κ3) is 8.23. The first-order valence-electron chi connectivity index (χ1n) is 8.98. The van der Waals surface area contributed by atoms with Crippen molar-refractivity contribution in [2.75, 3.05) is 39.5 Å². The summed E-state index contributed by atoms with van der Waals surface area (Å²) in [4.78, 5) is 11.6. The zero-order chi connectivity index (χ0) is 20.2. The van der Waals surface area contributed by atoms with Crippen molar-refractivity contribution in [3.63, 3.8) is 0 Å². The van der Waals surface area contributed by atoms with Gasteiger partial charge >= 0.3 is 0 Å². The Morgan fingerprint density at radius 1 is 1.33 bits per heavy atom. The number of allylic oxidation sites excluding steroid dienone is 2. The second-order valence-corrected chi connectivity index (χ2v) is 7.23. The normalized spacial score (nSPS) is 12.5. The monoisotopic (exact) mass is 409 g/mol. The van der Waals surface area contributed by atoms with Gasteiger partial charge < -0.3 is 10.3 Å². The third-order valence-electron chi connectivity index (χ3n) is 3.92. The van der Waals surface area contributed by atoms with E-state index in [4.69, 9.17) is 12.2 Å². The molecule has 0 bridgehead atoms. The van der Waals surface area contributed by atoms with Crippen LogP contribution in [0.4, 0.5) is 0 Å². The summed E-state index contributed by atoms with van der Waals surface area (Å²) in [5.74, 6) is 0. The number of rotatable bonds is 9. The molecule has 0 saturated carbocycles. The highest BCUT2D eigenvalue weighted by Crippen LogP contribution is 2.01. The van der Waals surface area contributed by atoms with Gasteiger partial charge in [-0.25, -0.2) is 14.7 Å². The van der Waals surface area contributed by atoms with Crippen LogP contribution in [0, 0.1) is 6.92 Å². The smallest absolute Gasteiger partial charge is 0.241 e. The predicted molar refractivity (Wildman–Crippen MR) is 119 cm³/mol. The summed E-state index contributed by atoms with van der Waals surface area (Å²) < 4.78 is 2.50. The molecular formula is C18H31N7S2. The van der Waals surface area contributed by atoms with Crippen molar-refractivity contribution in [3.05, 3.63) is 35.4 Å². The van der Waals surface area contributed by atoms with Gasteiger partial charge in [-0.2, -0.15) is 5.10 Å². The number of hydrogen-bond donors (Lipinski definition) is 1. The molecule has 150 valence electrons. The summed E-state index contributed by atoms with van der Waals surface area (Å²) >= 11 is 6.70. The van der Waals surface area contributed by atoms with Crippen molar-refractivity contribution >= 4 is 34.4 Å². The second-order valence-electron chi connectivity index (χ2n) is 5.79. The molecule has 0 aliphatic carbocycles. The van der Waals surface area contributed by atoms with E-state index in [0.29, 0.717) is 12.2 Å². The molecule has 0 atom stereocenters. The number of aromatic nitrogens is 3. The second kappa shape index (κ2) is 12.6. The lowest BCUT2D eigenvalue weighted by Crippen LogP contribution is -2.32. The molecule has 0 aliphatic rings. The van der Waals surface area contributed by atoms with Gasteiger partial charge in [0.2, 0.25) is 5.62 Å². The van der Waals surface area contributed by atoms with E-state index in [1.54, 1.807) is 9.69 Å². The minimum absolute atomic E-state index is 0.638. The van der Waals surface area contributed by atoms with Gasteiger partial charge in [0.15, 0.2) is 4.32 Å². The van der Waals surface area contributed by atoms with Crippen molar-refractivity contribution in [2.24, 2.45) is 12.0 Å². The Bertz CT molecular complexity index is 721. The van der Waals surface area contributed by atoms with E-state index in [-0.39, 0.29) is 0 Å². The molecule has 1 aromatic rings. The number of nitrogens with one attached hydrogen (secondary N) is 1. The fourth-order valence-electron chi connectivity index (χ4n) is 2.26. The largest absolute Gasteiger partial charge is 0.305 e. The fourth-order valence-corrected chi connectivity index (χ4v) is 2.63. The fraction of sp³-hybridized carbons (Fsp3) is 0.556. The van der Waals surface area contributed by atoms with Gasteiger partial charge in [-0.05, 0) is 38.4 Å². The highest BCUT2D eigenvalue weighted by Gasteiger charge is 2.02. The summed E-state index contributed by atoms with van der Waals surface area (Å²) in [6, 6.07) is 0.